The number of hydrogen-bond donors (Lipinski definition) is 3. The lowest BCUT2D eigenvalue weighted by Gasteiger charge is -2.41. The molecule has 0 bridgehead atoms. The molecule has 1 aliphatic heterocycles. The summed E-state index contributed by atoms with van der Waals surface area (Å²) in [5, 5.41) is 9.02. The molecule has 59 heavy (non-hydrogen) atoms. The van der Waals surface area contributed by atoms with Crippen molar-refractivity contribution in [3.8, 4) is 0 Å². The molecule has 2 rings (SSSR count). The zero-order valence-electron chi connectivity index (χ0n) is 38.4. The van der Waals surface area contributed by atoms with Gasteiger partial charge < -0.3 is 40.1 Å². The van der Waals surface area contributed by atoms with Crippen LogP contribution in [0.4, 0.5) is 0 Å². The van der Waals surface area contributed by atoms with Crippen molar-refractivity contribution in [2.75, 3.05) is 68.3 Å². The van der Waals surface area contributed by atoms with Crippen molar-refractivity contribution in [1.29, 1.82) is 0 Å². The summed E-state index contributed by atoms with van der Waals surface area (Å²) in [7, 11) is 10.6. The standard InChI is InChI=1S/C44H77N7O7S/c1-15-30(6)39(49(10)44(56)37(28(2)3)47-43(55)38(29(4)5)50(11)59-14)35(57-12)27-36(52)51-24-19-22-34(51)40(58-13)31(7)41(53)46-33(26-32-20-17-16-18-21-32)42(54)45-23-25-48(8)9/h16-18,20-21,28-31,33-35,37-40H,15,19,22-27H2,1-14H3,(H,45,54)(H,46,53)(H,47,55)/t30-,31+,33-,34-,35+,37-,38-,39-,40+/m0/s1. The minimum atomic E-state index is -0.801. The van der Waals surface area contributed by atoms with E-state index in [1.807, 2.05) is 108 Å². The molecule has 15 heteroatoms. The van der Waals surface area contributed by atoms with Crippen LogP contribution in [-0.4, -0.2) is 159 Å². The molecular weight excluding hydrogens is 771 g/mol. The number of likely N-dealkylation sites (N-methyl/N-ethyl adjacent to an activating group) is 3. The van der Waals surface area contributed by atoms with Gasteiger partial charge in [-0.1, -0.05) is 97.2 Å². The van der Waals surface area contributed by atoms with E-state index in [4.69, 9.17) is 9.47 Å². The van der Waals surface area contributed by atoms with E-state index < -0.39 is 42.3 Å². The van der Waals surface area contributed by atoms with Gasteiger partial charge >= 0.3 is 0 Å². The van der Waals surface area contributed by atoms with Gasteiger partial charge in [-0.2, -0.15) is 0 Å². The second-order valence-electron chi connectivity index (χ2n) is 17.1. The number of rotatable bonds is 25. The van der Waals surface area contributed by atoms with E-state index >= 15 is 0 Å². The van der Waals surface area contributed by atoms with E-state index in [-0.39, 0.29) is 59.8 Å². The zero-order valence-corrected chi connectivity index (χ0v) is 39.3. The fraction of sp³-hybridized carbons (Fsp3) is 0.750. The average Bonchev–Trinajstić information content (AvgIpc) is 3.68. The number of amides is 5. The van der Waals surface area contributed by atoms with Crippen LogP contribution >= 0.6 is 11.9 Å². The van der Waals surface area contributed by atoms with Crippen molar-refractivity contribution >= 4 is 41.5 Å². The predicted octanol–water partition coefficient (Wildman–Crippen LogP) is 3.69. The normalized spacial score (nSPS) is 18.5. The maximum absolute atomic E-state index is 14.4. The SMILES string of the molecule is CC[C@H](C)[C@@H]([C@@H](CC(=O)N1CCC[C@H]1[C@H](OC)[C@@H](C)C(=O)N[C@@H](Cc1ccccc1)C(=O)NCCN(C)C)OC)N(C)C(=O)[C@@H](NC(=O)[C@H](C(C)C)N(C)SC)C(C)C. The molecule has 5 amide bonds. The van der Waals surface area contributed by atoms with E-state index in [0.717, 1.165) is 18.4 Å². The van der Waals surface area contributed by atoms with Crippen molar-refractivity contribution in [2.24, 2.45) is 23.7 Å². The van der Waals surface area contributed by atoms with Gasteiger partial charge in [-0.15, -0.1) is 0 Å². The highest BCUT2D eigenvalue weighted by Gasteiger charge is 2.43. The highest BCUT2D eigenvalue weighted by atomic mass is 32.2. The average molecular weight is 848 g/mol. The van der Waals surface area contributed by atoms with Crippen LogP contribution in [0, 0.1) is 23.7 Å². The Kier molecular flexibility index (Phi) is 22.4. The predicted molar refractivity (Wildman–Crippen MR) is 236 cm³/mol. The summed E-state index contributed by atoms with van der Waals surface area (Å²) in [4.78, 5) is 75.1. The maximum atomic E-state index is 14.4. The number of ether oxygens (including phenoxy) is 2. The molecule has 0 aliphatic carbocycles. The summed E-state index contributed by atoms with van der Waals surface area (Å²) < 4.78 is 14.0. The van der Waals surface area contributed by atoms with Crippen molar-refractivity contribution < 1.29 is 33.4 Å². The summed E-state index contributed by atoms with van der Waals surface area (Å²) in [6.45, 7) is 15.3. The Morgan fingerprint density at radius 3 is 2.05 bits per heavy atom. The zero-order chi connectivity index (χ0) is 44.6. The number of nitrogens with zero attached hydrogens (tertiary/aromatic N) is 4. The molecule has 1 fully saturated rings. The largest absolute Gasteiger partial charge is 0.379 e. The summed E-state index contributed by atoms with van der Waals surface area (Å²) in [5.41, 5.74) is 0.919. The highest BCUT2D eigenvalue weighted by molar-refractivity contribution is 7.96. The van der Waals surface area contributed by atoms with E-state index in [1.54, 1.807) is 38.0 Å². The van der Waals surface area contributed by atoms with Gasteiger partial charge in [0, 0.05) is 47.3 Å². The Balaban J connectivity index is 2.30. The second-order valence-corrected chi connectivity index (χ2v) is 18.0. The van der Waals surface area contributed by atoms with Crippen LogP contribution in [0.5, 0.6) is 0 Å². The number of nitrogens with one attached hydrogen (secondary N) is 3. The number of likely N-dealkylation sites (tertiary alicyclic amines) is 1. The lowest BCUT2D eigenvalue weighted by atomic mass is 9.89. The molecular formula is C44H77N7O7S. The number of carbonyl (C=O) groups excluding carboxylic acids is 5. The number of methoxy groups -OCH3 is 2. The maximum Gasteiger partial charge on any atom is 0.245 e. The Hall–Kier alpha value is -3.24. The van der Waals surface area contributed by atoms with Crippen molar-refractivity contribution in [1.82, 2.24) is 35.0 Å². The lowest BCUT2D eigenvalue weighted by Crippen LogP contribution is -2.59. The molecule has 14 nitrogen and oxygen atoms in total. The van der Waals surface area contributed by atoms with Gasteiger partial charge in [0.1, 0.15) is 18.1 Å². The van der Waals surface area contributed by atoms with E-state index in [1.165, 1.54) is 11.9 Å². The lowest BCUT2D eigenvalue weighted by molar-refractivity contribution is -0.148. The molecule has 0 unspecified atom stereocenters. The van der Waals surface area contributed by atoms with Crippen LogP contribution in [0.15, 0.2) is 30.3 Å². The third kappa shape index (κ3) is 15.0. The first-order valence-corrected chi connectivity index (χ1v) is 22.5. The first-order chi connectivity index (χ1) is 27.8. The topological polar surface area (TPSA) is 153 Å². The number of carbonyl (C=O) groups is 5. The van der Waals surface area contributed by atoms with Crippen LogP contribution < -0.4 is 16.0 Å². The molecule has 0 aromatic heterocycles. The molecule has 1 aromatic rings. The summed E-state index contributed by atoms with van der Waals surface area (Å²) >= 11 is 1.47. The van der Waals surface area contributed by atoms with E-state index in [9.17, 15) is 24.0 Å². The summed E-state index contributed by atoms with van der Waals surface area (Å²) in [6, 6.07) is 6.71. The van der Waals surface area contributed by atoms with Crippen molar-refractivity contribution in [2.45, 2.75) is 123 Å². The molecule has 1 aromatic carbocycles. The molecule has 1 aliphatic rings. The van der Waals surface area contributed by atoms with Crippen LogP contribution in [0.25, 0.3) is 0 Å². The Bertz CT molecular complexity index is 1470. The third-order valence-corrected chi connectivity index (χ3v) is 12.6. The van der Waals surface area contributed by atoms with E-state index in [0.29, 0.717) is 32.5 Å². The smallest absolute Gasteiger partial charge is 0.245 e. The monoisotopic (exact) mass is 848 g/mol. The van der Waals surface area contributed by atoms with Crippen molar-refractivity contribution in [3.63, 3.8) is 0 Å². The van der Waals surface area contributed by atoms with Crippen molar-refractivity contribution in [3.05, 3.63) is 35.9 Å². The molecule has 0 saturated carbocycles. The fourth-order valence-corrected chi connectivity index (χ4v) is 8.73. The van der Waals surface area contributed by atoms with Crippen LogP contribution in [-0.2, 0) is 39.9 Å². The molecule has 1 saturated heterocycles. The summed E-state index contributed by atoms with van der Waals surface area (Å²) in [5.74, 6) is -2.09. The quantitative estimate of drug-likeness (QED) is 0.124. The Labute approximate surface area is 359 Å². The van der Waals surface area contributed by atoms with Crippen LogP contribution in [0.3, 0.4) is 0 Å². The number of hydrogen-bond acceptors (Lipinski definition) is 10. The van der Waals surface area contributed by atoms with Crippen LogP contribution in [0.2, 0.25) is 0 Å². The minimum absolute atomic E-state index is 0.00948. The molecule has 3 N–H and O–H groups in total. The summed E-state index contributed by atoms with van der Waals surface area (Å²) in [6.07, 6.45) is 3.08. The first-order valence-electron chi connectivity index (χ1n) is 21.3. The third-order valence-electron chi connectivity index (χ3n) is 11.8. The van der Waals surface area contributed by atoms with Gasteiger partial charge in [0.25, 0.3) is 0 Å². The molecule has 0 spiro atoms. The molecule has 1 heterocycles. The minimum Gasteiger partial charge on any atom is -0.379 e. The molecule has 336 valence electrons. The highest BCUT2D eigenvalue weighted by Crippen LogP contribution is 2.30. The van der Waals surface area contributed by atoms with Crippen LogP contribution in [0.1, 0.15) is 79.7 Å². The van der Waals surface area contributed by atoms with Gasteiger partial charge in [-0.05, 0) is 63.6 Å². The van der Waals surface area contributed by atoms with Gasteiger partial charge in [0.05, 0.1) is 36.6 Å². The Morgan fingerprint density at radius 1 is 0.881 bits per heavy atom. The molecule has 0 radical (unpaired) electrons. The van der Waals surface area contributed by atoms with Gasteiger partial charge in [0.2, 0.25) is 29.5 Å². The number of benzene rings is 1. The van der Waals surface area contributed by atoms with E-state index in [2.05, 4.69) is 16.0 Å². The first kappa shape index (κ1) is 51.9. The Morgan fingerprint density at radius 2 is 1.53 bits per heavy atom. The van der Waals surface area contributed by atoms with Gasteiger partial charge in [-0.3, -0.25) is 24.0 Å². The fourth-order valence-electron chi connectivity index (χ4n) is 8.17. The van der Waals surface area contributed by atoms with Gasteiger partial charge in [0.15, 0.2) is 0 Å². The second kappa shape index (κ2) is 25.5. The van der Waals surface area contributed by atoms with Gasteiger partial charge in [-0.25, -0.2) is 4.31 Å². The molecule has 9 atom stereocenters.